The summed E-state index contributed by atoms with van der Waals surface area (Å²) < 4.78 is 5.82. The average molecular weight is 301 g/mol. The number of carbonyl (C=O) groups excluding carboxylic acids is 1. The summed E-state index contributed by atoms with van der Waals surface area (Å²) >= 11 is 1.63. The molecule has 0 atom stereocenters. The minimum absolute atomic E-state index is 0.0721. The number of hydrogen-bond acceptors (Lipinski definition) is 4. The van der Waals surface area contributed by atoms with Gasteiger partial charge in [-0.3, -0.25) is 4.79 Å². The topological polar surface area (TPSA) is 39.2 Å². The van der Waals surface area contributed by atoms with Gasteiger partial charge in [-0.1, -0.05) is 20.8 Å². The Morgan fingerprint density at radius 2 is 2.10 bits per heavy atom. The Balaban J connectivity index is 1.68. The van der Waals surface area contributed by atoms with Gasteiger partial charge in [0.1, 0.15) is 17.4 Å². The largest absolute Gasteiger partial charge is 0.486 e. The van der Waals surface area contributed by atoms with Gasteiger partial charge in [0.15, 0.2) is 5.78 Å². The van der Waals surface area contributed by atoms with Crippen LogP contribution in [0, 0.1) is 0 Å². The fourth-order valence-corrected chi connectivity index (χ4v) is 3.32. The first-order valence-electron chi connectivity index (χ1n) is 7.17. The molecule has 0 bridgehead atoms. The predicted octanol–water partition coefficient (Wildman–Crippen LogP) is 4.15. The zero-order valence-electron chi connectivity index (χ0n) is 12.6. The van der Waals surface area contributed by atoms with Crippen molar-refractivity contribution in [2.45, 2.75) is 45.6 Å². The molecule has 1 aliphatic rings. The second-order valence-corrected chi connectivity index (χ2v) is 7.35. The van der Waals surface area contributed by atoms with Crippen LogP contribution >= 0.6 is 11.3 Å². The Kier molecular flexibility index (Phi) is 3.57. The standard InChI is InChI=1S/C17H19NO2S/c1-17(2,3)15-10-21-16(18-15)9-20-12-5-6-13-11(8-12)4-7-14(13)19/h5-6,8,10H,4,7,9H2,1-3H3. The van der Waals surface area contributed by atoms with Crippen LogP contribution in [0.5, 0.6) is 5.75 Å². The van der Waals surface area contributed by atoms with Crippen molar-refractivity contribution in [3.63, 3.8) is 0 Å². The third-order valence-corrected chi connectivity index (χ3v) is 4.50. The summed E-state index contributed by atoms with van der Waals surface area (Å²) in [4.78, 5) is 16.2. The Morgan fingerprint density at radius 1 is 1.29 bits per heavy atom. The monoisotopic (exact) mass is 301 g/mol. The maximum Gasteiger partial charge on any atom is 0.163 e. The molecule has 21 heavy (non-hydrogen) atoms. The molecule has 1 aromatic carbocycles. The molecule has 0 saturated heterocycles. The van der Waals surface area contributed by atoms with Crippen LogP contribution in [-0.2, 0) is 18.4 Å². The Bertz CT molecular complexity index is 682. The average Bonchev–Trinajstić information content (AvgIpc) is 3.03. The lowest BCUT2D eigenvalue weighted by molar-refractivity contribution is 0.0994. The Labute approximate surface area is 129 Å². The minimum Gasteiger partial charge on any atom is -0.486 e. The summed E-state index contributed by atoms with van der Waals surface area (Å²) in [5, 5.41) is 3.08. The molecular formula is C17H19NO2S. The number of carbonyl (C=O) groups is 1. The number of nitrogens with zero attached hydrogens (tertiary/aromatic N) is 1. The number of hydrogen-bond donors (Lipinski definition) is 0. The maximum atomic E-state index is 11.6. The smallest absolute Gasteiger partial charge is 0.163 e. The first kappa shape index (κ1) is 14.3. The maximum absolute atomic E-state index is 11.6. The quantitative estimate of drug-likeness (QED) is 0.855. The number of Topliss-reactive ketones (excluding diaryl/α,β-unsaturated/α-hetero) is 1. The molecule has 1 aromatic heterocycles. The van der Waals surface area contributed by atoms with Crippen molar-refractivity contribution < 1.29 is 9.53 Å². The number of fused-ring (bicyclic) bond motifs is 1. The molecule has 4 heteroatoms. The Morgan fingerprint density at radius 3 is 2.81 bits per heavy atom. The molecule has 2 aromatic rings. The molecule has 0 aliphatic heterocycles. The molecular weight excluding hydrogens is 282 g/mol. The third-order valence-electron chi connectivity index (χ3n) is 3.68. The first-order chi connectivity index (χ1) is 9.93. The number of thiazole rings is 1. The van der Waals surface area contributed by atoms with E-state index in [1.54, 1.807) is 11.3 Å². The van der Waals surface area contributed by atoms with Gasteiger partial charge in [0, 0.05) is 22.8 Å². The van der Waals surface area contributed by atoms with Crippen LogP contribution in [0.25, 0.3) is 0 Å². The fourth-order valence-electron chi connectivity index (χ4n) is 2.39. The highest BCUT2D eigenvalue weighted by Gasteiger charge is 2.20. The van der Waals surface area contributed by atoms with Crippen molar-refractivity contribution in [1.29, 1.82) is 0 Å². The van der Waals surface area contributed by atoms with Crippen molar-refractivity contribution in [2.75, 3.05) is 0 Å². The number of aromatic nitrogens is 1. The van der Waals surface area contributed by atoms with E-state index in [1.807, 2.05) is 18.2 Å². The van der Waals surface area contributed by atoms with Gasteiger partial charge in [-0.2, -0.15) is 0 Å². The van der Waals surface area contributed by atoms with Gasteiger partial charge in [0.2, 0.25) is 0 Å². The van der Waals surface area contributed by atoms with Crippen LogP contribution in [0.2, 0.25) is 0 Å². The van der Waals surface area contributed by atoms with E-state index in [-0.39, 0.29) is 11.2 Å². The van der Waals surface area contributed by atoms with Gasteiger partial charge in [0.05, 0.1) is 5.69 Å². The lowest BCUT2D eigenvalue weighted by Gasteiger charge is -2.14. The van der Waals surface area contributed by atoms with Crippen molar-refractivity contribution in [1.82, 2.24) is 4.98 Å². The van der Waals surface area contributed by atoms with Gasteiger partial charge in [-0.15, -0.1) is 11.3 Å². The highest BCUT2D eigenvalue weighted by atomic mass is 32.1. The summed E-state index contributed by atoms with van der Waals surface area (Å²) in [5.74, 6) is 1.06. The third kappa shape index (κ3) is 3.00. The molecule has 3 nitrogen and oxygen atoms in total. The van der Waals surface area contributed by atoms with E-state index in [9.17, 15) is 4.79 Å². The second-order valence-electron chi connectivity index (χ2n) is 6.41. The van der Waals surface area contributed by atoms with Gasteiger partial charge < -0.3 is 4.74 Å². The Hall–Kier alpha value is -1.68. The van der Waals surface area contributed by atoms with Gasteiger partial charge in [0.25, 0.3) is 0 Å². The van der Waals surface area contributed by atoms with E-state index in [2.05, 4.69) is 31.1 Å². The SMILES string of the molecule is CC(C)(C)c1csc(COc2ccc3c(c2)CCC3=O)n1. The second kappa shape index (κ2) is 5.26. The molecule has 0 saturated carbocycles. The van der Waals surface area contributed by atoms with Crippen molar-refractivity contribution in [3.05, 3.63) is 45.4 Å². The molecule has 0 spiro atoms. The van der Waals surface area contributed by atoms with E-state index in [4.69, 9.17) is 4.74 Å². The molecule has 0 fully saturated rings. The highest BCUT2D eigenvalue weighted by Crippen LogP contribution is 2.28. The zero-order valence-corrected chi connectivity index (χ0v) is 13.4. The van der Waals surface area contributed by atoms with Crippen LogP contribution in [0.3, 0.4) is 0 Å². The van der Waals surface area contributed by atoms with Crippen LogP contribution in [0.1, 0.15) is 53.8 Å². The minimum atomic E-state index is 0.0721. The van der Waals surface area contributed by atoms with Crippen LogP contribution in [0.4, 0.5) is 0 Å². The van der Waals surface area contributed by atoms with Crippen molar-refractivity contribution >= 4 is 17.1 Å². The summed E-state index contributed by atoms with van der Waals surface area (Å²) in [6.07, 6.45) is 1.46. The van der Waals surface area contributed by atoms with Crippen LogP contribution in [0.15, 0.2) is 23.6 Å². The molecule has 1 heterocycles. The highest BCUT2D eigenvalue weighted by molar-refractivity contribution is 7.09. The molecule has 0 N–H and O–H groups in total. The lowest BCUT2D eigenvalue weighted by Crippen LogP contribution is -2.11. The molecule has 0 unspecified atom stereocenters. The summed E-state index contributed by atoms with van der Waals surface area (Å²) in [6, 6.07) is 5.74. The number of ketones is 1. The summed E-state index contributed by atoms with van der Waals surface area (Å²) in [6.45, 7) is 6.95. The van der Waals surface area contributed by atoms with Gasteiger partial charge in [-0.05, 0) is 30.2 Å². The molecule has 0 radical (unpaired) electrons. The van der Waals surface area contributed by atoms with E-state index in [1.165, 1.54) is 0 Å². The van der Waals surface area contributed by atoms with E-state index in [0.29, 0.717) is 13.0 Å². The molecule has 1 aliphatic carbocycles. The van der Waals surface area contributed by atoms with Crippen molar-refractivity contribution in [3.8, 4) is 5.75 Å². The predicted molar refractivity (Wildman–Crippen MR) is 84.2 cm³/mol. The van der Waals surface area contributed by atoms with Gasteiger partial charge >= 0.3 is 0 Å². The zero-order chi connectivity index (χ0) is 15.0. The van der Waals surface area contributed by atoms with E-state index >= 15 is 0 Å². The number of ether oxygens (including phenoxy) is 1. The van der Waals surface area contributed by atoms with Gasteiger partial charge in [-0.25, -0.2) is 4.98 Å². The number of rotatable bonds is 3. The molecule has 110 valence electrons. The number of benzene rings is 1. The summed E-state index contributed by atoms with van der Waals surface area (Å²) in [7, 11) is 0. The van der Waals surface area contributed by atoms with Crippen LogP contribution < -0.4 is 4.74 Å². The fraction of sp³-hybridized carbons (Fsp3) is 0.412. The first-order valence-corrected chi connectivity index (χ1v) is 8.05. The molecule has 3 rings (SSSR count). The van der Waals surface area contributed by atoms with E-state index in [0.717, 1.165) is 34.0 Å². The summed E-state index contributed by atoms with van der Waals surface area (Å²) in [5.41, 5.74) is 3.13. The number of aryl methyl sites for hydroxylation is 1. The normalized spacial score (nSPS) is 14.3. The lowest BCUT2D eigenvalue weighted by atomic mass is 9.93. The van der Waals surface area contributed by atoms with Crippen LogP contribution in [-0.4, -0.2) is 10.8 Å². The molecule has 0 amide bonds. The van der Waals surface area contributed by atoms with E-state index < -0.39 is 0 Å². The van der Waals surface area contributed by atoms with Crippen molar-refractivity contribution in [2.24, 2.45) is 0 Å².